The van der Waals surface area contributed by atoms with Gasteiger partial charge in [0.05, 0.1) is 17.5 Å². The molecule has 1 atom stereocenters. The number of fused-ring (bicyclic) bond motifs is 2. The van der Waals surface area contributed by atoms with Gasteiger partial charge < -0.3 is 20.2 Å². The number of aromatic amines is 1. The van der Waals surface area contributed by atoms with Crippen molar-refractivity contribution in [1.82, 2.24) is 14.5 Å². The molecule has 8 heteroatoms. The maximum Gasteiger partial charge on any atom is 0.264 e. The van der Waals surface area contributed by atoms with Crippen molar-refractivity contribution >= 4 is 27.6 Å². The van der Waals surface area contributed by atoms with E-state index in [0.717, 1.165) is 6.42 Å². The van der Waals surface area contributed by atoms with E-state index < -0.39 is 16.8 Å². The summed E-state index contributed by atoms with van der Waals surface area (Å²) in [6.45, 7) is 3.63. The summed E-state index contributed by atoms with van der Waals surface area (Å²) in [5.74, 6) is -0.485. The van der Waals surface area contributed by atoms with Crippen molar-refractivity contribution in [3.8, 4) is 0 Å². The van der Waals surface area contributed by atoms with Gasteiger partial charge in [-0.05, 0) is 25.5 Å². The van der Waals surface area contributed by atoms with Gasteiger partial charge in [0.25, 0.3) is 5.56 Å². The number of nitrogens with zero attached hydrogens (tertiary/aromatic N) is 3. The Kier molecular flexibility index (Phi) is 3.57. The third-order valence-corrected chi connectivity index (χ3v) is 4.80. The largest absolute Gasteiger partial charge is 0.367 e. The Morgan fingerprint density at radius 1 is 1.40 bits per heavy atom. The molecule has 1 aromatic carbocycles. The molecule has 3 aromatic rings. The molecule has 3 heterocycles. The van der Waals surface area contributed by atoms with Crippen LogP contribution < -0.4 is 21.6 Å². The molecule has 7 nitrogen and oxygen atoms in total. The van der Waals surface area contributed by atoms with Gasteiger partial charge >= 0.3 is 0 Å². The quantitative estimate of drug-likeness (QED) is 0.675. The van der Waals surface area contributed by atoms with Gasteiger partial charge in [0, 0.05) is 31.1 Å². The monoisotopic (exact) mass is 343 g/mol. The number of anilines is 1. The van der Waals surface area contributed by atoms with Gasteiger partial charge in [0.2, 0.25) is 5.43 Å². The van der Waals surface area contributed by atoms with Crippen LogP contribution in [-0.4, -0.2) is 33.7 Å². The number of hydrogen-bond acceptors (Lipinski definition) is 5. The van der Waals surface area contributed by atoms with E-state index in [9.17, 15) is 14.0 Å². The van der Waals surface area contributed by atoms with E-state index in [0.29, 0.717) is 36.5 Å². The predicted molar refractivity (Wildman–Crippen MR) is 94.6 cm³/mol. The number of halogens is 1. The number of H-pyrrole nitrogens is 1. The summed E-state index contributed by atoms with van der Waals surface area (Å²) < 4.78 is 16.4. The number of rotatable bonds is 2. The average Bonchev–Trinajstić information content (AvgIpc) is 3.01. The van der Waals surface area contributed by atoms with Crippen LogP contribution in [-0.2, 0) is 6.54 Å². The van der Waals surface area contributed by atoms with Gasteiger partial charge in [-0.3, -0.25) is 9.59 Å². The molecule has 2 aromatic heterocycles. The zero-order valence-electron chi connectivity index (χ0n) is 13.8. The minimum absolute atomic E-state index is 0.0142. The number of nitrogens with one attached hydrogen (secondary N) is 1. The van der Waals surface area contributed by atoms with Crippen molar-refractivity contribution in [3.05, 3.63) is 44.9 Å². The van der Waals surface area contributed by atoms with Crippen molar-refractivity contribution in [2.75, 3.05) is 18.0 Å². The fourth-order valence-electron chi connectivity index (χ4n) is 3.57. The fourth-order valence-corrected chi connectivity index (χ4v) is 3.57. The molecule has 0 saturated carbocycles. The van der Waals surface area contributed by atoms with Gasteiger partial charge in [-0.2, -0.15) is 0 Å². The van der Waals surface area contributed by atoms with Crippen LogP contribution >= 0.6 is 0 Å². The normalized spacial score (nSPS) is 17.7. The molecule has 1 unspecified atom stereocenters. The van der Waals surface area contributed by atoms with Crippen molar-refractivity contribution in [1.29, 1.82) is 0 Å². The molecule has 0 bridgehead atoms. The molecule has 4 rings (SSSR count). The summed E-state index contributed by atoms with van der Waals surface area (Å²) in [5, 5.41) is 0.129. The van der Waals surface area contributed by atoms with Crippen LogP contribution in [0.1, 0.15) is 13.3 Å². The standard InChI is InChI=1S/C17H18FN5O2/c1-2-23-12-6-13(22-4-3-9(19)7-22)11(18)5-10(12)15(24)14-16(23)20-8-21-17(14)25/h5-6,8-9H,2-4,7,19H2,1H3,(H,20,21,25). The highest BCUT2D eigenvalue weighted by molar-refractivity contribution is 5.93. The first-order chi connectivity index (χ1) is 12.0. The van der Waals surface area contributed by atoms with E-state index in [4.69, 9.17) is 5.73 Å². The lowest BCUT2D eigenvalue weighted by molar-refractivity contribution is 0.624. The number of nitrogens with two attached hydrogens (primary N) is 1. The summed E-state index contributed by atoms with van der Waals surface area (Å²) in [6.07, 6.45) is 2.07. The van der Waals surface area contributed by atoms with Gasteiger partial charge in [0.1, 0.15) is 11.2 Å². The summed E-state index contributed by atoms with van der Waals surface area (Å²) in [7, 11) is 0. The number of aryl methyl sites for hydroxylation is 1. The van der Waals surface area contributed by atoms with Crippen LogP contribution in [0.5, 0.6) is 0 Å². The van der Waals surface area contributed by atoms with Crippen LogP contribution in [0.4, 0.5) is 10.1 Å². The first-order valence-corrected chi connectivity index (χ1v) is 8.25. The second-order valence-corrected chi connectivity index (χ2v) is 6.32. The molecule has 1 saturated heterocycles. The summed E-state index contributed by atoms with van der Waals surface area (Å²) in [4.78, 5) is 33.3. The fraction of sp³-hybridized carbons (Fsp3) is 0.353. The second kappa shape index (κ2) is 5.66. The molecule has 0 amide bonds. The Labute approximate surface area is 141 Å². The molecule has 1 aliphatic heterocycles. The number of pyridine rings is 1. The molecule has 1 fully saturated rings. The minimum atomic E-state index is -0.519. The first-order valence-electron chi connectivity index (χ1n) is 8.25. The van der Waals surface area contributed by atoms with E-state index in [-0.39, 0.29) is 16.8 Å². The highest BCUT2D eigenvalue weighted by Crippen LogP contribution is 2.28. The lowest BCUT2D eigenvalue weighted by atomic mass is 10.1. The highest BCUT2D eigenvalue weighted by Gasteiger charge is 2.24. The smallest absolute Gasteiger partial charge is 0.264 e. The van der Waals surface area contributed by atoms with Crippen LogP contribution in [0.15, 0.2) is 28.0 Å². The lowest BCUT2D eigenvalue weighted by Gasteiger charge is -2.21. The molecule has 3 N–H and O–H groups in total. The first kappa shape index (κ1) is 15.8. The van der Waals surface area contributed by atoms with Gasteiger partial charge in [-0.15, -0.1) is 0 Å². The Balaban J connectivity index is 2.10. The Hall–Kier alpha value is -2.74. The third kappa shape index (κ3) is 2.32. The van der Waals surface area contributed by atoms with Crippen molar-refractivity contribution < 1.29 is 4.39 Å². The van der Waals surface area contributed by atoms with E-state index in [1.807, 2.05) is 11.8 Å². The SMILES string of the molecule is CCn1c2cc(N3CCC(N)C3)c(F)cc2c(=O)c2c(=O)[nH]cnc21. The zero-order chi connectivity index (χ0) is 17.7. The summed E-state index contributed by atoms with van der Waals surface area (Å²) in [5.41, 5.74) is 6.19. The Morgan fingerprint density at radius 3 is 2.88 bits per heavy atom. The lowest BCUT2D eigenvalue weighted by Crippen LogP contribution is -2.27. The molecule has 0 aliphatic carbocycles. The Bertz CT molecular complexity index is 1100. The van der Waals surface area contributed by atoms with E-state index in [1.54, 1.807) is 10.6 Å². The molecular formula is C17H18FN5O2. The minimum Gasteiger partial charge on any atom is -0.367 e. The average molecular weight is 343 g/mol. The zero-order valence-corrected chi connectivity index (χ0v) is 13.8. The van der Waals surface area contributed by atoms with Crippen molar-refractivity contribution in [3.63, 3.8) is 0 Å². The maximum absolute atomic E-state index is 14.7. The topological polar surface area (TPSA) is 97.0 Å². The van der Waals surface area contributed by atoms with Crippen molar-refractivity contribution in [2.45, 2.75) is 25.9 Å². The third-order valence-electron chi connectivity index (χ3n) is 4.80. The highest BCUT2D eigenvalue weighted by atomic mass is 19.1. The molecule has 25 heavy (non-hydrogen) atoms. The predicted octanol–water partition coefficient (Wildman–Crippen LogP) is 0.934. The van der Waals surface area contributed by atoms with E-state index in [1.165, 1.54) is 12.4 Å². The van der Waals surface area contributed by atoms with Crippen molar-refractivity contribution in [2.24, 2.45) is 5.73 Å². The van der Waals surface area contributed by atoms with Crippen LogP contribution in [0.3, 0.4) is 0 Å². The van der Waals surface area contributed by atoms with E-state index in [2.05, 4.69) is 9.97 Å². The van der Waals surface area contributed by atoms with Crippen LogP contribution in [0.2, 0.25) is 0 Å². The molecule has 0 spiro atoms. The van der Waals surface area contributed by atoms with Gasteiger partial charge in [-0.1, -0.05) is 0 Å². The Morgan fingerprint density at radius 2 is 2.20 bits per heavy atom. The van der Waals surface area contributed by atoms with Gasteiger partial charge in [-0.25, -0.2) is 9.37 Å². The molecule has 1 aliphatic rings. The van der Waals surface area contributed by atoms with E-state index >= 15 is 0 Å². The number of hydrogen-bond donors (Lipinski definition) is 2. The van der Waals surface area contributed by atoms with Crippen LogP contribution in [0.25, 0.3) is 21.9 Å². The summed E-state index contributed by atoms with van der Waals surface area (Å²) >= 11 is 0. The van der Waals surface area contributed by atoms with Crippen LogP contribution in [0, 0.1) is 5.82 Å². The number of aromatic nitrogens is 3. The second-order valence-electron chi connectivity index (χ2n) is 6.32. The molecule has 0 radical (unpaired) electrons. The summed E-state index contributed by atoms with van der Waals surface area (Å²) in [6, 6.07) is 2.89. The molecule has 130 valence electrons. The maximum atomic E-state index is 14.7. The number of benzene rings is 1. The van der Waals surface area contributed by atoms with Gasteiger partial charge in [0.15, 0.2) is 5.65 Å². The molecular weight excluding hydrogens is 325 g/mol.